The van der Waals surface area contributed by atoms with Gasteiger partial charge in [0, 0.05) is 14.8 Å². The number of nitrogens with two attached hydrogens (primary N) is 1. The summed E-state index contributed by atoms with van der Waals surface area (Å²) in [7, 11) is 0. The fourth-order valence-electron chi connectivity index (χ4n) is 1.30. The van der Waals surface area contributed by atoms with E-state index in [1.807, 2.05) is 6.07 Å². The van der Waals surface area contributed by atoms with E-state index in [4.69, 9.17) is 52.1 Å². The number of rotatable bonds is 2. The summed E-state index contributed by atoms with van der Waals surface area (Å²) in [5.41, 5.74) is 6.12. The van der Waals surface area contributed by atoms with Gasteiger partial charge in [0.15, 0.2) is 0 Å². The Morgan fingerprint density at radius 1 is 0.789 bits per heavy atom. The molecule has 7 heteroatoms. The quantitative estimate of drug-likeness (QED) is 0.610. The molecule has 0 saturated heterocycles. The summed E-state index contributed by atoms with van der Waals surface area (Å²) in [6, 6.07) is 8.61. The Kier molecular flexibility index (Phi) is 6.44. The minimum atomic E-state index is 0. The summed E-state index contributed by atoms with van der Waals surface area (Å²) < 4.78 is 0. The topological polar surface area (TPSA) is 26.0 Å². The maximum Gasteiger partial charge on any atom is 0.0647 e. The predicted octanol–water partition coefficient (Wildman–Crippen LogP) is 6.46. The van der Waals surface area contributed by atoms with Crippen LogP contribution in [0.5, 0.6) is 0 Å². The zero-order chi connectivity index (χ0) is 13.3. The van der Waals surface area contributed by atoms with Crippen LogP contribution in [0.1, 0.15) is 0 Å². The highest BCUT2D eigenvalue weighted by atomic mass is 35.5. The van der Waals surface area contributed by atoms with Crippen molar-refractivity contribution in [2.75, 3.05) is 5.73 Å². The average Bonchev–Trinajstić information content (AvgIpc) is 2.29. The van der Waals surface area contributed by atoms with E-state index < -0.39 is 0 Å². The van der Waals surface area contributed by atoms with Crippen molar-refractivity contribution in [1.82, 2.24) is 0 Å². The van der Waals surface area contributed by atoms with Gasteiger partial charge in [0.25, 0.3) is 0 Å². The summed E-state index contributed by atoms with van der Waals surface area (Å²) >= 11 is 25.4. The highest BCUT2D eigenvalue weighted by molar-refractivity contribution is 7.99. The Balaban J connectivity index is 0.00000180. The van der Waals surface area contributed by atoms with Gasteiger partial charge in [-0.05, 0) is 30.3 Å². The average molecular weight is 376 g/mol. The molecular weight excluding hydrogens is 367 g/mol. The highest BCUT2D eigenvalue weighted by Gasteiger charge is 2.09. The molecule has 2 aromatic rings. The molecule has 0 saturated carbocycles. The molecule has 0 aromatic heterocycles. The van der Waals surface area contributed by atoms with Gasteiger partial charge in [0.2, 0.25) is 0 Å². The molecule has 0 unspecified atom stereocenters. The largest absolute Gasteiger partial charge is 0.397 e. The smallest absolute Gasteiger partial charge is 0.0647 e. The second-order valence-electron chi connectivity index (χ2n) is 3.48. The van der Waals surface area contributed by atoms with E-state index in [0.717, 1.165) is 9.79 Å². The first-order valence-electron chi connectivity index (χ1n) is 4.85. The Morgan fingerprint density at radius 2 is 1.42 bits per heavy atom. The van der Waals surface area contributed by atoms with Gasteiger partial charge in [0.05, 0.1) is 20.8 Å². The van der Waals surface area contributed by atoms with Crippen molar-refractivity contribution in [2.24, 2.45) is 0 Å². The van der Waals surface area contributed by atoms with Crippen molar-refractivity contribution in [1.29, 1.82) is 0 Å². The van der Waals surface area contributed by atoms with E-state index >= 15 is 0 Å². The van der Waals surface area contributed by atoms with Gasteiger partial charge < -0.3 is 5.73 Å². The first kappa shape index (κ1) is 17.1. The second kappa shape index (κ2) is 7.16. The van der Waals surface area contributed by atoms with Crippen LogP contribution in [0.25, 0.3) is 0 Å². The van der Waals surface area contributed by atoms with E-state index in [2.05, 4.69) is 0 Å². The number of anilines is 1. The van der Waals surface area contributed by atoms with E-state index in [0.29, 0.717) is 25.8 Å². The van der Waals surface area contributed by atoms with Crippen molar-refractivity contribution in [3.63, 3.8) is 0 Å². The summed E-state index contributed by atoms with van der Waals surface area (Å²) in [5, 5.41) is 2.15. The second-order valence-corrected chi connectivity index (χ2v) is 6.22. The van der Waals surface area contributed by atoms with Crippen molar-refractivity contribution in [3.05, 3.63) is 50.4 Å². The van der Waals surface area contributed by atoms with Crippen LogP contribution in [-0.4, -0.2) is 0 Å². The van der Waals surface area contributed by atoms with E-state index in [1.165, 1.54) is 11.8 Å². The molecule has 0 fully saturated rings. The lowest BCUT2D eigenvalue weighted by Gasteiger charge is -2.08. The minimum Gasteiger partial charge on any atom is -0.397 e. The van der Waals surface area contributed by atoms with Gasteiger partial charge in [-0.1, -0.05) is 58.2 Å². The predicted molar refractivity (Wildman–Crippen MR) is 88.7 cm³/mol. The maximum atomic E-state index is 6.11. The minimum absolute atomic E-state index is 0. The number of nitrogen functional groups attached to an aromatic ring is 1. The molecule has 0 aliphatic carbocycles. The Hall–Kier alpha value is 0.0400. The Morgan fingerprint density at radius 3 is 2.05 bits per heavy atom. The van der Waals surface area contributed by atoms with Gasteiger partial charge in [-0.3, -0.25) is 0 Å². The monoisotopic (exact) mass is 373 g/mol. The fourth-order valence-corrected chi connectivity index (χ4v) is 3.20. The van der Waals surface area contributed by atoms with E-state index in [1.54, 1.807) is 24.3 Å². The normalized spacial score (nSPS) is 10.1. The van der Waals surface area contributed by atoms with Crippen LogP contribution in [0.15, 0.2) is 40.1 Å². The molecule has 0 heterocycles. The number of benzene rings is 2. The van der Waals surface area contributed by atoms with Gasteiger partial charge in [0.1, 0.15) is 0 Å². The Labute approximate surface area is 141 Å². The maximum absolute atomic E-state index is 6.11. The zero-order valence-electron chi connectivity index (χ0n) is 9.29. The number of hydrogen-bond acceptors (Lipinski definition) is 2. The summed E-state index contributed by atoms with van der Waals surface area (Å²) in [6.07, 6.45) is 0. The molecule has 2 rings (SSSR count). The van der Waals surface area contributed by atoms with Crippen molar-refractivity contribution < 1.29 is 0 Å². The molecule has 0 bridgehead atoms. The van der Waals surface area contributed by atoms with Crippen LogP contribution < -0.4 is 5.73 Å². The fraction of sp³-hybridized carbons (Fsp3) is 0. The summed E-state index contributed by atoms with van der Waals surface area (Å²) in [5.74, 6) is 0. The van der Waals surface area contributed by atoms with Crippen LogP contribution in [0, 0.1) is 0 Å². The Bertz CT molecular complexity index is 603. The lowest BCUT2D eigenvalue weighted by Crippen LogP contribution is -1.87. The van der Waals surface area contributed by atoms with Gasteiger partial charge >= 0.3 is 0 Å². The molecule has 0 aliphatic rings. The standard InChI is InChI=1S/C12H7Cl4NS.ClH/c13-6-1-2-11(8(15)3-6)18-12-5-7(14)10(17)4-9(12)16;/h1-5H,17H2;1H. The van der Waals surface area contributed by atoms with E-state index in [9.17, 15) is 0 Å². The third-order valence-electron chi connectivity index (χ3n) is 2.17. The summed E-state index contributed by atoms with van der Waals surface area (Å²) in [6.45, 7) is 0. The van der Waals surface area contributed by atoms with Crippen LogP contribution in [0.2, 0.25) is 20.1 Å². The summed E-state index contributed by atoms with van der Waals surface area (Å²) in [4.78, 5) is 1.64. The molecule has 0 radical (unpaired) electrons. The first-order valence-corrected chi connectivity index (χ1v) is 7.17. The molecule has 2 aromatic carbocycles. The molecule has 0 aliphatic heterocycles. The van der Waals surface area contributed by atoms with Gasteiger partial charge in [-0.2, -0.15) is 0 Å². The third-order valence-corrected chi connectivity index (χ3v) is 4.71. The van der Waals surface area contributed by atoms with E-state index in [-0.39, 0.29) is 12.4 Å². The number of halogens is 5. The third kappa shape index (κ3) is 4.25. The molecule has 0 spiro atoms. The molecular formula is C12H8Cl5NS. The lowest BCUT2D eigenvalue weighted by molar-refractivity contribution is 1.41. The molecule has 1 nitrogen and oxygen atoms in total. The van der Waals surface area contributed by atoms with Crippen LogP contribution >= 0.6 is 70.6 Å². The first-order chi connectivity index (χ1) is 8.47. The van der Waals surface area contributed by atoms with Crippen LogP contribution in [0.4, 0.5) is 5.69 Å². The highest BCUT2D eigenvalue weighted by Crippen LogP contribution is 2.40. The molecule has 2 N–H and O–H groups in total. The molecule has 19 heavy (non-hydrogen) atoms. The zero-order valence-corrected chi connectivity index (χ0v) is 13.9. The lowest BCUT2D eigenvalue weighted by atomic mass is 10.3. The van der Waals surface area contributed by atoms with Crippen LogP contribution in [-0.2, 0) is 0 Å². The molecule has 0 amide bonds. The van der Waals surface area contributed by atoms with Gasteiger partial charge in [-0.15, -0.1) is 12.4 Å². The van der Waals surface area contributed by atoms with Crippen molar-refractivity contribution >= 4 is 76.3 Å². The van der Waals surface area contributed by atoms with Crippen LogP contribution in [0.3, 0.4) is 0 Å². The molecule has 0 atom stereocenters. The van der Waals surface area contributed by atoms with Gasteiger partial charge in [-0.25, -0.2) is 0 Å². The number of hydrogen-bond donors (Lipinski definition) is 1. The molecule has 102 valence electrons. The van der Waals surface area contributed by atoms with Crippen molar-refractivity contribution in [2.45, 2.75) is 9.79 Å². The SMILES string of the molecule is Cl.Nc1cc(Cl)c(Sc2ccc(Cl)cc2Cl)cc1Cl. The van der Waals surface area contributed by atoms with Crippen molar-refractivity contribution in [3.8, 4) is 0 Å².